The fourth-order valence-corrected chi connectivity index (χ4v) is 1.97. The summed E-state index contributed by atoms with van der Waals surface area (Å²) >= 11 is 0. The molecule has 0 aliphatic carbocycles. The van der Waals surface area contributed by atoms with Gasteiger partial charge in [-0.25, -0.2) is 0 Å². The molecule has 0 aromatic heterocycles. The van der Waals surface area contributed by atoms with Gasteiger partial charge in [0.2, 0.25) is 5.91 Å². The lowest BCUT2D eigenvalue weighted by Crippen LogP contribution is -2.40. The number of amides is 1. The summed E-state index contributed by atoms with van der Waals surface area (Å²) < 4.78 is 0. The largest absolute Gasteiger partial charge is 0.399 e. The normalized spacial score (nSPS) is 15.7. The number of rotatable bonds is 1. The van der Waals surface area contributed by atoms with E-state index in [9.17, 15) is 4.79 Å². The number of hydrogen-bond acceptors (Lipinski definition) is 2. The first-order valence-electron chi connectivity index (χ1n) is 5.24. The van der Waals surface area contributed by atoms with Crippen LogP contribution in [0, 0.1) is 0 Å². The molecule has 1 aromatic rings. The Morgan fingerprint density at radius 3 is 2.73 bits per heavy atom. The lowest BCUT2D eigenvalue weighted by molar-refractivity contribution is -0.133. The molecule has 0 unspecified atom stereocenters. The molecule has 2 N–H and O–H groups in total. The zero-order valence-corrected chi connectivity index (χ0v) is 9.16. The first-order chi connectivity index (χ1) is 7.08. The van der Waals surface area contributed by atoms with Crippen LogP contribution in [0.15, 0.2) is 18.2 Å². The molecule has 2 rings (SSSR count). The summed E-state index contributed by atoms with van der Waals surface area (Å²) in [7, 11) is 0. The van der Waals surface area contributed by atoms with Crippen molar-refractivity contribution >= 4 is 11.6 Å². The molecule has 0 saturated carbocycles. The molecular formula is C12H16N2O. The average Bonchev–Trinajstić information content (AvgIpc) is 2.17. The van der Waals surface area contributed by atoms with Crippen molar-refractivity contribution in [2.24, 2.45) is 0 Å². The molecule has 0 fully saturated rings. The molecule has 0 atom stereocenters. The molecule has 1 aliphatic heterocycles. The molecule has 0 bridgehead atoms. The van der Waals surface area contributed by atoms with E-state index < -0.39 is 0 Å². The van der Waals surface area contributed by atoms with Gasteiger partial charge < -0.3 is 10.6 Å². The summed E-state index contributed by atoms with van der Waals surface area (Å²) in [5, 5.41) is 0. The van der Waals surface area contributed by atoms with Crippen molar-refractivity contribution in [2.45, 2.75) is 32.9 Å². The van der Waals surface area contributed by atoms with Crippen LogP contribution in [0.25, 0.3) is 0 Å². The molecule has 3 nitrogen and oxygen atoms in total. The maximum Gasteiger partial charge on any atom is 0.227 e. The second-order valence-electron chi connectivity index (χ2n) is 4.32. The molecule has 0 radical (unpaired) electrons. The zero-order chi connectivity index (χ0) is 11.0. The number of hydrogen-bond donors (Lipinski definition) is 1. The Kier molecular flexibility index (Phi) is 2.39. The van der Waals surface area contributed by atoms with Gasteiger partial charge in [0.1, 0.15) is 0 Å². The number of nitrogens with zero attached hydrogens (tertiary/aromatic N) is 1. The minimum atomic E-state index is 0.210. The summed E-state index contributed by atoms with van der Waals surface area (Å²) in [5.41, 5.74) is 8.81. The number of anilines is 1. The Bertz CT molecular complexity index is 399. The van der Waals surface area contributed by atoms with E-state index in [1.165, 1.54) is 5.56 Å². The third kappa shape index (κ3) is 1.82. The van der Waals surface area contributed by atoms with E-state index in [0.717, 1.165) is 11.3 Å². The monoisotopic (exact) mass is 204 g/mol. The Labute approximate surface area is 89.9 Å². The van der Waals surface area contributed by atoms with Crippen LogP contribution >= 0.6 is 0 Å². The van der Waals surface area contributed by atoms with E-state index in [1.807, 2.05) is 36.9 Å². The molecule has 15 heavy (non-hydrogen) atoms. The van der Waals surface area contributed by atoms with Gasteiger partial charge in [-0.15, -0.1) is 0 Å². The van der Waals surface area contributed by atoms with Gasteiger partial charge in [0, 0.05) is 18.3 Å². The van der Waals surface area contributed by atoms with Crippen LogP contribution in [0.3, 0.4) is 0 Å². The molecule has 1 aliphatic rings. The van der Waals surface area contributed by atoms with Crippen molar-refractivity contribution in [3.63, 3.8) is 0 Å². The zero-order valence-electron chi connectivity index (χ0n) is 9.16. The average molecular weight is 204 g/mol. The fraction of sp³-hybridized carbons (Fsp3) is 0.417. The minimum Gasteiger partial charge on any atom is -0.399 e. The topological polar surface area (TPSA) is 46.3 Å². The van der Waals surface area contributed by atoms with E-state index >= 15 is 0 Å². The second kappa shape index (κ2) is 3.57. The van der Waals surface area contributed by atoms with E-state index in [0.29, 0.717) is 13.0 Å². The summed E-state index contributed by atoms with van der Waals surface area (Å²) in [6.45, 7) is 4.77. The highest BCUT2D eigenvalue weighted by atomic mass is 16.2. The summed E-state index contributed by atoms with van der Waals surface area (Å²) in [6, 6.07) is 6.04. The van der Waals surface area contributed by atoms with Gasteiger partial charge in [0.15, 0.2) is 0 Å². The minimum absolute atomic E-state index is 0.210. The Balaban J connectivity index is 2.34. The molecule has 1 amide bonds. The third-order valence-electron chi connectivity index (χ3n) is 2.86. The Morgan fingerprint density at radius 2 is 2.07 bits per heavy atom. The van der Waals surface area contributed by atoms with Crippen LogP contribution in [0.2, 0.25) is 0 Å². The highest BCUT2D eigenvalue weighted by molar-refractivity contribution is 5.81. The van der Waals surface area contributed by atoms with Crippen LogP contribution in [0.4, 0.5) is 5.69 Å². The maximum absolute atomic E-state index is 11.8. The number of nitrogens with two attached hydrogens (primary N) is 1. The van der Waals surface area contributed by atoms with Crippen LogP contribution in [0.5, 0.6) is 0 Å². The Morgan fingerprint density at radius 1 is 1.33 bits per heavy atom. The standard InChI is InChI=1S/C12H16N2O/c1-8(2)14-7-10-5-11(13)4-3-9(10)6-12(14)15/h3-5,8H,6-7,13H2,1-2H3. The highest BCUT2D eigenvalue weighted by Gasteiger charge is 2.24. The van der Waals surface area contributed by atoms with E-state index in [1.54, 1.807) is 0 Å². The van der Waals surface area contributed by atoms with Crippen molar-refractivity contribution in [1.29, 1.82) is 0 Å². The van der Waals surface area contributed by atoms with Crippen LogP contribution in [-0.4, -0.2) is 16.8 Å². The molecule has 80 valence electrons. The lowest BCUT2D eigenvalue weighted by atomic mass is 9.98. The quantitative estimate of drug-likeness (QED) is 0.706. The molecule has 0 saturated heterocycles. The van der Waals surface area contributed by atoms with Gasteiger partial charge in [-0.3, -0.25) is 4.79 Å². The number of carbonyl (C=O) groups is 1. The van der Waals surface area contributed by atoms with Gasteiger partial charge in [0.05, 0.1) is 6.42 Å². The number of benzene rings is 1. The predicted octanol–water partition coefficient (Wildman–Crippen LogP) is 1.56. The first-order valence-corrected chi connectivity index (χ1v) is 5.24. The van der Waals surface area contributed by atoms with Crippen molar-refractivity contribution in [2.75, 3.05) is 5.73 Å². The number of fused-ring (bicyclic) bond motifs is 1. The second-order valence-corrected chi connectivity index (χ2v) is 4.32. The van der Waals surface area contributed by atoms with E-state index in [4.69, 9.17) is 5.73 Å². The SMILES string of the molecule is CC(C)N1Cc2cc(N)ccc2CC1=O. The van der Waals surface area contributed by atoms with Crippen molar-refractivity contribution in [3.8, 4) is 0 Å². The lowest BCUT2D eigenvalue weighted by Gasteiger charge is -2.32. The molecule has 3 heteroatoms. The van der Waals surface area contributed by atoms with Gasteiger partial charge in [-0.05, 0) is 37.1 Å². The van der Waals surface area contributed by atoms with Crippen molar-refractivity contribution in [1.82, 2.24) is 4.90 Å². The molecule has 1 heterocycles. The van der Waals surface area contributed by atoms with Crippen LogP contribution in [0.1, 0.15) is 25.0 Å². The molecule has 0 spiro atoms. The molecular weight excluding hydrogens is 188 g/mol. The van der Waals surface area contributed by atoms with Gasteiger partial charge >= 0.3 is 0 Å². The smallest absolute Gasteiger partial charge is 0.227 e. The van der Waals surface area contributed by atoms with Crippen LogP contribution < -0.4 is 5.73 Å². The van der Waals surface area contributed by atoms with E-state index in [2.05, 4.69) is 0 Å². The highest BCUT2D eigenvalue weighted by Crippen LogP contribution is 2.23. The maximum atomic E-state index is 11.8. The third-order valence-corrected chi connectivity index (χ3v) is 2.86. The first kappa shape index (κ1) is 10.0. The van der Waals surface area contributed by atoms with Gasteiger partial charge in [-0.2, -0.15) is 0 Å². The van der Waals surface area contributed by atoms with Gasteiger partial charge in [0.25, 0.3) is 0 Å². The van der Waals surface area contributed by atoms with Crippen molar-refractivity contribution in [3.05, 3.63) is 29.3 Å². The summed E-state index contributed by atoms with van der Waals surface area (Å²) in [4.78, 5) is 13.7. The summed E-state index contributed by atoms with van der Waals surface area (Å²) in [6.07, 6.45) is 0.508. The van der Waals surface area contributed by atoms with Crippen molar-refractivity contribution < 1.29 is 4.79 Å². The van der Waals surface area contributed by atoms with E-state index in [-0.39, 0.29) is 11.9 Å². The number of carbonyl (C=O) groups excluding carboxylic acids is 1. The molecule has 1 aromatic carbocycles. The fourth-order valence-electron chi connectivity index (χ4n) is 1.97. The Hall–Kier alpha value is -1.51. The van der Waals surface area contributed by atoms with Crippen LogP contribution in [-0.2, 0) is 17.8 Å². The van der Waals surface area contributed by atoms with Gasteiger partial charge in [-0.1, -0.05) is 6.07 Å². The summed E-state index contributed by atoms with van der Waals surface area (Å²) in [5.74, 6) is 0.210. The number of nitrogen functional groups attached to an aromatic ring is 1. The predicted molar refractivity (Wildman–Crippen MR) is 60.2 cm³/mol.